The van der Waals surface area contributed by atoms with Gasteiger partial charge in [-0.3, -0.25) is 4.98 Å². The SMILES string of the molecule is COc1cc(C#N)ccc1Nc1cnccc1C(=O)O. The van der Waals surface area contributed by atoms with Gasteiger partial charge >= 0.3 is 5.97 Å². The molecule has 0 fully saturated rings. The largest absolute Gasteiger partial charge is 0.495 e. The summed E-state index contributed by atoms with van der Waals surface area (Å²) in [6.45, 7) is 0. The second-order valence-corrected chi connectivity index (χ2v) is 3.88. The third-order valence-corrected chi connectivity index (χ3v) is 2.65. The molecule has 2 aromatic rings. The van der Waals surface area contributed by atoms with E-state index in [0.717, 1.165) is 0 Å². The lowest BCUT2D eigenvalue weighted by Gasteiger charge is -2.12. The van der Waals surface area contributed by atoms with Crippen LogP contribution in [0.15, 0.2) is 36.7 Å². The minimum Gasteiger partial charge on any atom is -0.495 e. The van der Waals surface area contributed by atoms with Crippen molar-refractivity contribution in [3.8, 4) is 11.8 Å². The molecule has 6 heteroatoms. The van der Waals surface area contributed by atoms with Gasteiger partial charge in [-0.25, -0.2) is 4.79 Å². The van der Waals surface area contributed by atoms with Crippen LogP contribution in [0.3, 0.4) is 0 Å². The predicted molar refractivity (Wildman–Crippen MR) is 72.2 cm³/mol. The van der Waals surface area contributed by atoms with Gasteiger partial charge in [0.1, 0.15) is 5.75 Å². The van der Waals surface area contributed by atoms with Crippen molar-refractivity contribution in [3.63, 3.8) is 0 Å². The second-order valence-electron chi connectivity index (χ2n) is 3.88. The number of ether oxygens (including phenoxy) is 1. The summed E-state index contributed by atoms with van der Waals surface area (Å²) in [5.74, 6) is -0.605. The third kappa shape index (κ3) is 2.67. The zero-order valence-electron chi connectivity index (χ0n) is 10.6. The Balaban J connectivity index is 2.40. The van der Waals surface area contributed by atoms with Gasteiger partial charge in [0.2, 0.25) is 0 Å². The lowest BCUT2D eigenvalue weighted by atomic mass is 10.2. The van der Waals surface area contributed by atoms with Gasteiger partial charge in [-0.1, -0.05) is 0 Å². The molecule has 0 radical (unpaired) electrons. The Morgan fingerprint density at radius 2 is 2.20 bits per heavy atom. The van der Waals surface area contributed by atoms with E-state index < -0.39 is 5.97 Å². The fraction of sp³-hybridized carbons (Fsp3) is 0.0714. The molecule has 1 aromatic heterocycles. The fourth-order valence-corrected chi connectivity index (χ4v) is 1.69. The first-order valence-corrected chi connectivity index (χ1v) is 5.68. The molecule has 0 unspecified atom stereocenters. The number of nitriles is 1. The van der Waals surface area contributed by atoms with E-state index in [1.807, 2.05) is 6.07 Å². The number of hydrogen-bond donors (Lipinski definition) is 2. The molecular formula is C14H11N3O3. The zero-order chi connectivity index (χ0) is 14.5. The van der Waals surface area contributed by atoms with Gasteiger partial charge in [0.15, 0.2) is 0 Å². The topological polar surface area (TPSA) is 95.2 Å². The summed E-state index contributed by atoms with van der Waals surface area (Å²) in [4.78, 5) is 15.0. The van der Waals surface area contributed by atoms with Crippen LogP contribution in [0, 0.1) is 11.3 Å². The Morgan fingerprint density at radius 1 is 1.40 bits per heavy atom. The Hall–Kier alpha value is -3.07. The van der Waals surface area contributed by atoms with Crippen LogP contribution in [0.4, 0.5) is 11.4 Å². The molecule has 2 N–H and O–H groups in total. The van der Waals surface area contributed by atoms with E-state index >= 15 is 0 Å². The van der Waals surface area contributed by atoms with Crippen molar-refractivity contribution in [1.82, 2.24) is 4.98 Å². The van der Waals surface area contributed by atoms with E-state index in [1.165, 1.54) is 25.6 Å². The first-order chi connectivity index (χ1) is 9.65. The van der Waals surface area contributed by atoms with Crippen LogP contribution < -0.4 is 10.1 Å². The highest BCUT2D eigenvalue weighted by Gasteiger charge is 2.12. The molecule has 0 aliphatic carbocycles. The average molecular weight is 269 g/mol. The summed E-state index contributed by atoms with van der Waals surface area (Å²) in [6, 6.07) is 8.24. The summed E-state index contributed by atoms with van der Waals surface area (Å²) in [7, 11) is 1.48. The number of nitrogens with zero attached hydrogens (tertiary/aromatic N) is 2. The molecule has 0 aliphatic rings. The molecule has 2 rings (SSSR count). The number of pyridine rings is 1. The summed E-state index contributed by atoms with van der Waals surface area (Å²) in [6.07, 6.45) is 2.83. The smallest absolute Gasteiger partial charge is 0.337 e. The number of anilines is 2. The lowest BCUT2D eigenvalue weighted by molar-refractivity contribution is 0.0698. The molecule has 1 aromatic carbocycles. The van der Waals surface area contributed by atoms with Crippen LogP contribution in [0.5, 0.6) is 5.75 Å². The van der Waals surface area contributed by atoms with Crippen LogP contribution >= 0.6 is 0 Å². The number of nitrogens with one attached hydrogen (secondary N) is 1. The van der Waals surface area contributed by atoms with E-state index in [-0.39, 0.29) is 5.56 Å². The van der Waals surface area contributed by atoms with Gasteiger partial charge in [0.05, 0.1) is 41.9 Å². The fourth-order valence-electron chi connectivity index (χ4n) is 1.69. The standard InChI is InChI=1S/C14H11N3O3/c1-20-13-6-9(7-15)2-3-11(13)17-12-8-16-5-4-10(12)14(18)19/h2-6,8,17H,1H3,(H,18,19). The zero-order valence-corrected chi connectivity index (χ0v) is 10.6. The van der Waals surface area contributed by atoms with Gasteiger partial charge in [-0.15, -0.1) is 0 Å². The highest BCUT2D eigenvalue weighted by Crippen LogP contribution is 2.29. The molecule has 0 bridgehead atoms. The predicted octanol–water partition coefficient (Wildman–Crippen LogP) is 2.40. The maximum absolute atomic E-state index is 11.1. The molecule has 0 atom stereocenters. The number of hydrogen-bond acceptors (Lipinski definition) is 5. The van der Waals surface area contributed by atoms with Crippen molar-refractivity contribution >= 4 is 17.3 Å². The molecule has 6 nitrogen and oxygen atoms in total. The van der Waals surface area contributed by atoms with Crippen molar-refractivity contribution in [3.05, 3.63) is 47.8 Å². The van der Waals surface area contributed by atoms with E-state index in [9.17, 15) is 4.79 Å². The number of benzene rings is 1. The molecule has 0 spiro atoms. The number of carboxylic acid groups (broad SMARTS) is 1. The molecule has 1 heterocycles. The van der Waals surface area contributed by atoms with Gasteiger partial charge in [-0.05, 0) is 18.2 Å². The van der Waals surface area contributed by atoms with E-state index in [0.29, 0.717) is 22.7 Å². The normalized spacial score (nSPS) is 9.60. The van der Waals surface area contributed by atoms with Crippen LogP contribution in [0.1, 0.15) is 15.9 Å². The highest BCUT2D eigenvalue weighted by atomic mass is 16.5. The molecule has 0 aliphatic heterocycles. The van der Waals surface area contributed by atoms with Gasteiger partial charge in [-0.2, -0.15) is 5.26 Å². The quantitative estimate of drug-likeness (QED) is 0.884. The first-order valence-electron chi connectivity index (χ1n) is 5.68. The second kappa shape index (κ2) is 5.71. The van der Waals surface area contributed by atoms with E-state index in [1.54, 1.807) is 18.2 Å². The van der Waals surface area contributed by atoms with Crippen LogP contribution in [-0.2, 0) is 0 Å². The lowest BCUT2D eigenvalue weighted by Crippen LogP contribution is -2.04. The number of aromatic carboxylic acids is 1. The van der Waals surface area contributed by atoms with Crippen molar-refractivity contribution in [2.75, 3.05) is 12.4 Å². The maximum Gasteiger partial charge on any atom is 0.337 e. The number of carboxylic acids is 1. The van der Waals surface area contributed by atoms with Crippen molar-refractivity contribution in [2.45, 2.75) is 0 Å². The van der Waals surface area contributed by atoms with E-state index in [4.69, 9.17) is 15.1 Å². The van der Waals surface area contributed by atoms with Crippen molar-refractivity contribution in [2.24, 2.45) is 0 Å². The third-order valence-electron chi connectivity index (χ3n) is 2.65. The Labute approximate surface area is 115 Å². The van der Waals surface area contributed by atoms with Crippen LogP contribution in [0.2, 0.25) is 0 Å². The Kier molecular flexibility index (Phi) is 3.82. The molecule has 0 amide bonds. The molecule has 100 valence electrons. The Bertz CT molecular complexity index is 692. The number of rotatable bonds is 4. The number of methoxy groups -OCH3 is 1. The van der Waals surface area contributed by atoms with Gasteiger partial charge < -0.3 is 15.2 Å². The minimum atomic E-state index is -1.05. The van der Waals surface area contributed by atoms with Crippen LogP contribution in [-0.4, -0.2) is 23.2 Å². The van der Waals surface area contributed by atoms with Crippen LogP contribution in [0.25, 0.3) is 0 Å². The summed E-state index contributed by atoms with van der Waals surface area (Å²) in [5.41, 5.74) is 1.47. The Morgan fingerprint density at radius 3 is 2.85 bits per heavy atom. The van der Waals surface area contributed by atoms with Gasteiger partial charge in [0.25, 0.3) is 0 Å². The molecule has 20 heavy (non-hydrogen) atoms. The molecule has 0 saturated carbocycles. The highest BCUT2D eigenvalue weighted by molar-refractivity contribution is 5.95. The molecule has 0 saturated heterocycles. The number of carbonyl (C=O) groups is 1. The summed E-state index contributed by atoms with van der Waals surface area (Å²) < 4.78 is 5.18. The first kappa shape index (κ1) is 13.4. The minimum absolute atomic E-state index is 0.103. The monoisotopic (exact) mass is 269 g/mol. The number of aromatic nitrogens is 1. The van der Waals surface area contributed by atoms with E-state index in [2.05, 4.69) is 10.3 Å². The summed E-state index contributed by atoms with van der Waals surface area (Å²) in [5, 5.41) is 20.9. The summed E-state index contributed by atoms with van der Waals surface area (Å²) >= 11 is 0. The van der Waals surface area contributed by atoms with Crippen molar-refractivity contribution < 1.29 is 14.6 Å². The van der Waals surface area contributed by atoms with Crippen molar-refractivity contribution in [1.29, 1.82) is 5.26 Å². The average Bonchev–Trinajstić information content (AvgIpc) is 2.48. The maximum atomic E-state index is 11.1. The molecular weight excluding hydrogens is 258 g/mol. The van der Waals surface area contributed by atoms with Gasteiger partial charge in [0, 0.05) is 12.3 Å².